The second kappa shape index (κ2) is 9.82. The second-order valence-electron chi connectivity index (χ2n) is 7.15. The molecule has 3 rings (SSSR count). The molecule has 0 bridgehead atoms. The number of rotatable bonds is 9. The molecule has 0 N–H and O–H groups in total. The average molecular weight is 419 g/mol. The van der Waals surface area contributed by atoms with Gasteiger partial charge in [-0.1, -0.05) is 36.4 Å². The summed E-state index contributed by atoms with van der Waals surface area (Å²) < 4.78 is 43.8. The predicted octanol–water partition coefficient (Wildman–Crippen LogP) is 3.53. The number of alkyl halides is 3. The highest BCUT2D eigenvalue weighted by Gasteiger charge is 2.29. The van der Waals surface area contributed by atoms with E-state index in [0.717, 1.165) is 35.4 Å². The van der Waals surface area contributed by atoms with E-state index < -0.39 is 11.7 Å². The topological polar surface area (TPSA) is 56.1 Å². The summed E-state index contributed by atoms with van der Waals surface area (Å²) in [7, 11) is 3.97. The molecule has 0 unspecified atom stereocenters. The van der Waals surface area contributed by atoms with Crippen molar-refractivity contribution < 1.29 is 17.9 Å². The number of benzene rings is 2. The van der Waals surface area contributed by atoms with Gasteiger partial charge in [0.1, 0.15) is 0 Å². The van der Waals surface area contributed by atoms with Crippen LogP contribution in [0.5, 0.6) is 0 Å². The number of tetrazole rings is 1. The highest BCUT2D eigenvalue weighted by atomic mass is 19.4. The zero-order valence-corrected chi connectivity index (χ0v) is 16.9. The van der Waals surface area contributed by atoms with Crippen LogP contribution < -0.4 is 0 Å². The molecule has 0 fully saturated rings. The molecule has 1 heterocycles. The minimum atomic E-state index is -4.34. The van der Waals surface area contributed by atoms with E-state index in [9.17, 15) is 13.2 Å². The van der Waals surface area contributed by atoms with Crippen LogP contribution in [0.25, 0.3) is 11.4 Å². The first kappa shape index (κ1) is 21.9. The van der Waals surface area contributed by atoms with E-state index in [-0.39, 0.29) is 0 Å². The molecule has 2 aromatic carbocycles. The van der Waals surface area contributed by atoms with E-state index in [1.807, 2.05) is 43.3 Å². The van der Waals surface area contributed by atoms with Crippen molar-refractivity contribution in [2.75, 3.05) is 33.9 Å². The zero-order valence-electron chi connectivity index (χ0n) is 16.9. The molecule has 6 nitrogen and oxygen atoms in total. The Morgan fingerprint density at radius 2 is 1.73 bits per heavy atom. The third-order valence-corrected chi connectivity index (χ3v) is 4.51. The summed E-state index contributed by atoms with van der Waals surface area (Å²) >= 11 is 0. The maximum absolute atomic E-state index is 12.8. The number of nitrogens with zero attached hydrogens (tertiary/aromatic N) is 5. The third-order valence-electron chi connectivity index (χ3n) is 4.51. The fourth-order valence-electron chi connectivity index (χ4n) is 2.87. The minimum Gasteiger partial charge on any atom is -0.378 e. The van der Waals surface area contributed by atoms with Gasteiger partial charge < -0.3 is 9.64 Å². The minimum absolute atomic E-state index is 0.469. The Morgan fingerprint density at radius 1 is 1.00 bits per heavy atom. The van der Waals surface area contributed by atoms with Crippen molar-refractivity contribution in [3.8, 4) is 11.4 Å². The maximum atomic E-state index is 12.8. The molecule has 0 aliphatic carbocycles. The molecular formula is C21H24F3N5O. The Morgan fingerprint density at radius 3 is 2.43 bits per heavy atom. The van der Waals surface area contributed by atoms with Crippen LogP contribution in [0, 0.1) is 0 Å². The lowest BCUT2D eigenvalue weighted by atomic mass is 9.98. The molecule has 0 radical (unpaired) electrons. The number of likely N-dealkylation sites (N-methyl/N-ethyl adjacent to an activating group) is 1. The first-order valence-electron chi connectivity index (χ1n) is 9.57. The number of ether oxygens (including phenoxy) is 1. The summed E-state index contributed by atoms with van der Waals surface area (Å²) in [5.74, 6) is 0.478. The van der Waals surface area contributed by atoms with Crippen LogP contribution in [0.2, 0.25) is 0 Å². The molecule has 3 aromatic rings. The quantitative estimate of drug-likeness (QED) is 0.497. The summed E-state index contributed by atoms with van der Waals surface area (Å²) in [6.45, 7) is 2.44. The molecular weight excluding hydrogens is 395 g/mol. The van der Waals surface area contributed by atoms with Crippen LogP contribution in [0.3, 0.4) is 0 Å². The van der Waals surface area contributed by atoms with Crippen molar-refractivity contribution in [1.29, 1.82) is 0 Å². The van der Waals surface area contributed by atoms with Crippen molar-refractivity contribution in [2.24, 2.45) is 0 Å². The van der Waals surface area contributed by atoms with Gasteiger partial charge in [-0.2, -0.15) is 18.0 Å². The van der Waals surface area contributed by atoms with Crippen LogP contribution in [-0.2, 0) is 23.9 Å². The van der Waals surface area contributed by atoms with E-state index >= 15 is 0 Å². The fourth-order valence-corrected chi connectivity index (χ4v) is 2.87. The molecule has 0 saturated carbocycles. The SMILES string of the molecule is CN(C)CCOCCn1nnc(-c2ccccc2Cc2ccc(C(F)(F)F)cc2)n1. The standard InChI is InChI=1S/C21H24F3N5O/c1-28(2)11-13-30-14-12-29-26-20(25-27-29)19-6-4-3-5-17(19)15-16-7-9-18(10-8-16)21(22,23)24/h3-10H,11-15H2,1-2H3. The van der Waals surface area contributed by atoms with Crippen molar-refractivity contribution in [3.63, 3.8) is 0 Å². The van der Waals surface area contributed by atoms with E-state index in [1.54, 1.807) is 0 Å². The number of hydrogen-bond donors (Lipinski definition) is 0. The molecule has 1 aromatic heterocycles. The van der Waals surface area contributed by atoms with Gasteiger partial charge in [-0.25, -0.2) is 0 Å². The highest BCUT2D eigenvalue weighted by Crippen LogP contribution is 2.30. The van der Waals surface area contributed by atoms with Crippen LogP contribution >= 0.6 is 0 Å². The predicted molar refractivity (Wildman–Crippen MR) is 107 cm³/mol. The van der Waals surface area contributed by atoms with Gasteiger partial charge in [0.05, 0.1) is 25.3 Å². The molecule has 0 aliphatic heterocycles. The molecule has 0 aliphatic rings. The van der Waals surface area contributed by atoms with Gasteiger partial charge in [0.15, 0.2) is 0 Å². The molecule has 0 saturated heterocycles. The van der Waals surface area contributed by atoms with Gasteiger partial charge in [-0.05, 0) is 49.0 Å². The lowest BCUT2D eigenvalue weighted by Crippen LogP contribution is -2.19. The van der Waals surface area contributed by atoms with E-state index in [2.05, 4.69) is 15.4 Å². The zero-order chi connectivity index (χ0) is 21.6. The smallest absolute Gasteiger partial charge is 0.378 e. The highest BCUT2D eigenvalue weighted by molar-refractivity contribution is 5.60. The van der Waals surface area contributed by atoms with Crippen LogP contribution in [0.4, 0.5) is 13.2 Å². The van der Waals surface area contributed by atoms with Crippen molar-refractivity contribution in [3.05, 3.63) is 65.2 Å². The Balaban J connectivity index is 1.66. The van der Waals surface area contributed by atoms with Crippen LogP contribution in [0.1, 0.15) is 16.7 Å². The molecule has 30 heavy (non-hydrogen) atoms. The Bertz CT molecular complexity index is 938. The van der Waals surface area contributed by atoms with Crippen molar-refractivity contribution >= 4 is 0 Å². The molecule has 160 valence electrons. The number of aromatic nitrogens is 4. The number of halogens is 3. The molecule has 0 atom stereocenters. The molecule has 0 amide bonds. The van der Waals surface area contributed by atoms with E-state index in [4.69, 9.17) is 4.74 Å². The van der Waals surface area contributed by atoms with Gasteiger partial charge in [0, 0.05) is 12.1 Å². The normalized spacial score (nSPS) is 11.9. The molecule has 0 spiro atoms. The third kappa shape index (κ3) is 6.11. The maximum Gasteiger partial charge on any atom is 0.416 e. The second-order valence-corrected chi connectivity index (χ2v) is 7.15. The lowest BCUT2D eigenvalue weighted by Gasteiger charge is -2.09. The summed E-state index contributed by atoms with van der Waals surface area (Å²) in [6.07, 6.45) is -3.87. The van der Waals surface area contributed by atoms with Gasteiger partial charge in [0.25, 0.3) is 0 Å². The van der Waals surface area contributed by atoms with Gasteiger partial charge >= 0.3 is 6.18 Å². The van der Waals surface area contributed by atoms with Gasteiger partial charge in [-0.15, -0.1) is 10.2 Å². The first-order chi connectivity index (χ1) is 14.3. The summed E-state index contributed by atoms with van der Waals surface area (Å²) in [5, 5.41) is 12.6. The largest absolute Gasteiger partial charge is 0.416 e. The van der Waals surface area contributed by atoms with Crippen molar-refractivity contribution in [2.45, 2.75) is 19.1 Å². The Labute approximate surface area is 173 Å². The van der Waals surface area contributed by atoms with E-state index in [1.165, 1.54) is 16.9 Å². The summed E-state index contributed by atoms with van der Waals surface area (Å²) in [6, 6.07) is 12.7. The Kier molecular flexibility index (Phi) is 7.17. The fraction of sp³-hybridized carbons (Fsp3) is 0.381. The van der Waals surface area contributed by atoms with Crippen LogP contribution in [0.15, 0.2) is 48.5 Å². The average Bonchev–Trinajstić information content (AvgIpc) is 3.16. The van der Waals surface area contributed by atoms with Gasteiger partial charge in [0.2, 0.25) is 5.82 Å². The van der Waals surface area contributed by atoms with Crippen LogP contribution in [-0.4, -0.2) is 59.0 Å². The Hall–Kier alpha value is -2.78. The van der Waals surface area contributed by atoms with E-state index in [0.29, 0.717) is 32.0 Å². The summed E-state index contributed by atoms with van der Waals surface area (Å²) in [4.78, 5) is 3.53. The summed E-state index contributed by atoms with van der Waals surface area (Å²) in [5.41, 5.74) is 1.84. The van der Waals surface area contributed by atoms with Gasteiger partial charge in [-0.3, -0.25) is 0 Å². The van der Waals surface area contributed by atoms with Crippen molar-refractivity contribution in [1.82, 2.24) is 25.1 Å². The lowest BCUT2D eigenvalue weighted by molar-refractivity contribution is -0.137. The number of hydrogen-bond acceptors (Lipinski definition) is 5. The first-order valence-corrected chi connectivity index (χ1v) is 9.57. The molecule has 9 heteroatoms. The monoisotopic (exact) mass is 419 g/mol.